The molecule has 0 saturated carbocycles. The molecule has 0 aromatic heterocycles. The van der Waals surface area contributed by atoms with E-state index >= 15 is 0 Å². The summed E-state index contributed by atoms with van der Waals surface area (Å²) in [7, 11) is 0. The lowest BCUT2D eigenvalue weighted by molar-refractivity contribution is -0.119. The molecule has 0 spiro atoms. The first-order chi connectivity index (χ1) is 12.2. The van der Waals surface area contributed by atoms with Gasteiger partial charge >= 0.3 is 0 Å². The minimum absolute atomic E-state index is 0.107. The van der Waals surface area contributed by atoms with Crippen LogP contribution in [0.5, 0.6) is 0 Å². The van der Waals surface area contributed by atoms with Crippen LogP contribution in [0.1, 0.15) is 11.1 Å². The Balaban J connectivity index is 1.94. The Morgan fingerprint density at radius 1 is 0.880 bits per heavy atom. The van der Waals surface area contributed by atoms with Crippen molar-refractivity contribution >= 4 is 17.3 Å². The monoisotopic (exact) mass is 330 g/mol. The second-order valence-corrected chi connectivity index (χ2v) is 6.09. The fourth-order valence-electron chi connectivity index (χ4n) is 2.90. The van der Waals surface area contributed by atoms with Gasteiger partial charge in [-0.3, -0.25) is 9.69 Å². The summed E-state index contributed by atoms with van der Waals surface area (Å²) in [5, 5.41) is 0. The summed E-state index contributed by atoms with van der Waals surface area (Å²) in [6, 6.07) is 26.8. The van der Waals surface area contributed by atoms with Crippen molar-refractivity contribution in [3.63, 3.8) is 0 Å². The van der Waals surface area contributed by atoms with Crippen LogP contribution >= 0.6 is 0 Å². The maximum absolute atomic E-state index is 13.2. The Bertz CT molecular complexity index is 831. The molecule has 0 radical (unpaired) electrons. The number of hydrogen-bond donors (Lipinski definition) is 1. The van der Waals surface area contributed by atoms with Gasteiger partial charge < -0.3 is 5.73 Å². The van der Waals surface area contributed by atoms with Crippen LogP contribution in [0.4, 0.5) is 11.4 Å². The zero-order chi connectivity index (χ0) is 17.6. The predicted octanol–water partition coefficient (Wildman–Crippen LogP) is 4.23. The van der Waals surface area contributed by atoms with Crippen LogP contribution < -0.4 is 10.6 Å². The first-order valence-corrected chi connectivity index (χ1v) is 8.41. The normalized spacial score (nSPS) is 11.8. The van der Waals surface area contributed by atoms with Crippen molar-refractivity contribution in [1.29, 1.82) is 0 Å². The van der Waals surface area contributed by atoms with Gasteiger partial charge in [0.1, 0.15) is 0 Å². The largest absolute Gasteiger partial charge is 0.320 e. The van der Waals surface area contributed by atoms with Crippen LogP contribution in [0.25, 0.3) is 0 Å². The molecular weight excluding hydrogens is 308 g/mol. The third-order valence-electron chi connectivity index (χ3n) is 4.21. The molecule has 3 aromatic carbocycles. The highest BCUT2D eigenvalue weighted by Gasteiger charge is 2.25. The average Bonchev–Trinajstić information content (AvgIpc) is 2.65. The molecule has 0 saturated heterocycles. The molecule has 2 N–H and O–H groups in total. The van der Waals surface area contributed by atoms with Gasteiger partial charge in [-0.05, 0) is 42.7 Å². The molecule has 0 aliphatic heterocycles. The highest BCUT2D eigenvalue weighted by Crippen LogP contribution is 2.29. The molecule has 1 atom stereocenters. The van der Waals surface area contributed by atoms with Gasteiger partial charge in [0.05, 0.1) is 11.7 Å². The second kappa shape index (κ2) is 7.77. The molecule has 25 heavy (non-hydrogen) atoms. The Labute approximate surface area is 148 Å². The predicted molar refractivity (Wildman–Crippen MR) is 103 cm³/mol. The Kier molecular flexibility index (Phi) is 5.26. The van der Waals surface area contributed by atoms with E-state index in [1.54, 1.807) is 4.90 Å². The number of amides is 1. The van der Waals surface area contributed by atoms with Crippen molar-refractivity contribution in [3.8, 4) is 0 Å². The summed E-state index contributed by atoms with van der Waals surface area (Å²) >= 11 is 0. The maximum atomic E-state index is 13.2. The Morgan fingerprint density at radius 3 is 2.08 bits per heavy atom. The smallest absolute Gasteiger partial charge is 0.248 e. The van der Waals surface area contributed by atoms with E-state index in [4.69, 9.17) is 5.73 Å². The van der Waals surface area contributed by atoms with Crippen molar-refractivity contribution in [2.75, 3.05) is 4.90 Å². The summed E-state index contributed by atoms with van der Waals surface area (Å²) in [6.07, 6.45) is 0.509. The number of aryl methyl sites for hydroxylation is 1. The zero-order valence-electron chi connectivity index (χ0n) is 14.3. The summed E-state index contributed by atoms with van der Waals surface area (Å²) in [5.74, 6) is -0.107. The van der Waals surface area contributed by atoms with E-state index in [-0.39, 0.29) is 5.91 Å². The van der Waals surface area contributed by atoms with E-state index in [0.29, 0.717) is 6.42 Å². The van der Waals surface area contributed by atoms with Crippen molar-refractivity contribution < 1.29 is 4.79 Å². The lowest BCUT2D eigenvalue weighted by Gasteiger charge is -2.27. The zero-order valence-corrected chi connectivity index (χ0v) is 14.3. The fourth-order valence-corrected chi connectivity index (χ4v) is 2.90. The summed E-state index contributed by atoms with van der Waals surface area (Å²) in [6.45, 7) is 2.00. The molecule has 0 aliphatic rings. The van der Waals surface area contributed by atoms with Gasteiger partial charge in [-0.1, -0.05) is 66.7 Å². The first-order valence-electron chi connectivity index (χ1n) is 8.41. The molecule has 126 valence electrons. The van der Waals surface area contributed by atoms with Gasteiger partial charge in [-0.25, -0.2) is 0 Å². The summed E-state index contributed by atoms with van der Waals surface area (Å²) in [4.78, 5) is 14.9. The van der Waals surface area contributed by atoms with Crippen molar-refractivity contribution in [2.24, 2.45) is 5.73 Å². The number of nitrogens with two attached hydrogens (primary N) is 1. The summed E-state index contributed by atoms with van der Waals surface area (Å²) in [5.41, 5.74) is 10.1. The average molecular weight is 330 g/mol. The molecule has 1 unspecified atom stereocenters. The van der Waals surface area contributed by atoms with Gasteiger partial charge in [0, 0.05) is 5.69 Å². The standard InChI is InChI=1S/C22H22N2O/c1-17-10-8-9-15-21(17)24(19-13-6-3-7-14-19)22(25)20(23)16-18-11-4-2-5-12-18/h2-15,20H,16,23H2,1H3. The van der Waals surface area contributed by atoms with Crippen LogP contribution in [0, 0.1) is 6.92 Å². The topological polar surface area (TPSA) is 46.3 Å². The minimum Gasteiger partial charge on any atom is -0.320 e. The van der Waals surface area contributed by atoms with Crippen LogP contribution in [0.3, 0.4) is 0 Å². The minimum atomic E-state index is -0.609. The molecule has 0 heterocycles. The van der Waals surface area contributed by atoms with Crippen LogP contribution in [0.2, 0.25) is 0 Å². The van der Waals surface area contributed by atoms with Gasteiger partial charge in [0.2, 0.25) is 5.91 Å². The third-order valence-corrected chi connectivity index (χ3v) is 4.21. The van der Waals surface area contributed by atoms with E-state index in [0.717, 1.165) is 22.5 Å². The number of anilines is 2. The molecule has 0 fully saturated rings. The molecule has 3 heteroatoms. The number of para-hydroxylation sites is 2. The Hall–Kier alpha value is -2.91. The van der Waals surface area contributed by atoms with Crippen LogP contribution in [0.15, 0.2) is 84.9 Å². The number of carbonyl (C=O) groups is 1. The number of rotatable bonds is 5. The quantitative estimate of drug-likeness (QED) is 0.761. The molecule has 1 amide bonds. The van der Waals surface area contributed by atoms with Crippen molar-refractivity contribution in [1.82, 2.24) is 0 Å². The molecular formula is C22H22N2O. The fraction of sp³-hybridized carbons (Fsp3) is 0.136. The number of carbonyl (C=O) groups excluding carboxylic acids is 1. The lowest BCUT2D eigenvalue weighted by atomic mass is 10.0. The highest BCUT2D eigenvalue weighted by molar-refractivity contribution is 6.04. The van der Waals surface area contributed by atoms with Gasteiger partial charge in [0.25, 0.3) is 0 Å². The van der Waals surface area contributed by atoms with Crippen molar-refractivity contribution in [3.05, 3.63) is 96.1 Å². The second-order valence-electron chi connectivity index (χ2n) is 6.09. The van der Waals surface area contributed by atoms with Crippen molar-refractivity contribution in [2.45, 2.75) is 19.4 Å². The molecule has 0 aliphatic carbocycles. The van der Waals surface area contributed by atoms with E-state index < -0.39 is 6.04 Å². The molecule has 3 rings (SSSR count). The number of hydrogen-bond acceptors (Lipinski definition) is 2. The number of benzene rings is 3. The van der Waals surface area contributed by atoms with Gasteiger partial charge in [0.15, 0.2) is 0 Å². The maximum Gasteiger partial charge on any atom is 0.248 e. The van der Waals surface area contributed by atoms with Crippen LogP contribution in [-0.2, 0) is 11.2 Å². The highest BCUT2D eigenvalue weighted by atomic mass is 16.2. The molecule has 0 bridgehead atoms. The first kappa shape index (κ1) is 16.9. The Morgan fingerprint density at radius 2 is 1.44 bits per heavy atom. The van der Waals surface area contributed by atoms with Crippen LogP contribution in [-0.4, -0.2) is 11.9 Å². The number of nitrogens with zero attached hydrogens (tertiary/aromatic N) is 1. The molecule has 3 aromatic rings. The third kappa shape index (κ3) is 3.95. The van der Waals surface area contributed by atoms with E-state index in [9.17, 15) is 4.79 Å². The SMILES string of the molecule is Cc1ccccc1N(C(=O)C(N)Cc1ccccc1)c1ccccc1. The van der Waals surface area contributed by atoms with E-state index in [1.807, 2.05) is 91.9 Å². The van der Waals surface area contributed by atoms with E-state index in [1.165, 1.54) is 0 Å². The summed E-state index contributed by atoms with van der Waals surface area (Å²) < 4.78 is 0. The molecule has 3 nitrogen and oxygen atoms in total. The van der Waals surface area contributed by atoms with E-state index in [2.05, 4.69) is 0 Å². The lowest BCUT2D eigenvalue weighted by Crippen LogP contribution is -2.43. The van der Waals surface area contributed by atoms with Gasteiger partial charge in [-0.2, -0.15) is 0 Å². The van der Waals surface area contributed by atoms with Gasteiger partial charge in [-0.15, -0.1) is 0 Å².